The molecule has 0 amide bonds. The fourth-order valence-electron chi connectivity index (χ4n) is 0.851. The zero-order valence-corrected chi connectivity index (χ0v) is 7.59. The van der Waals surface area contributed by atoms with E-state index >= 15 is 0 Å². The Bertz CT molecular complexity index is 250. The molecule has 0 bridgehead atoms. The summed E-state index contributed by atoms with van der Waals surface area (Å²) in [7, 11) is 1.93. The zero-order chi connectivity index (χ0) is 7.56. The molecule has 0 aliphatic heterocycles. The van der Waals surface area contributed by atoms with Crippen molar-refractivity contribution in [3.8, 4) is 0 Å². The largest absolute Gasteiger partial charge is 0.268 e. The molecule has 1 rings (SSSR count). The Morgan fingerprint density at radius 3 is 2.80 bits per heavy atom. The average Bonchev–Trinajstić information content (AvgIpc) is 2.13. The Kier molecular flexibility index (Phi) is 2.27. The summed E-state index contributed by atoms with van der Waals surface area (Å²) >= 11 is 3.21. The molecule has 0 atom stereocenters. The van der Waals surface area contributed by atoms with Crippen molar-refractivity contribution < 1.29 is 0 Å². The summed E-state index contributed by atoms with van der Waals surface area (Å²) in [5.41, 5.74) is 2.15. The van der Waals surface area contributed by atoms with E-state index in [1.165, 1.54) is 0 Å². The Balaban J connectivity index is 3.03. The van der Waals surface area contributed by atoms with Crippen LogP contribution in [0.15, 0.2) is 11.1 Å². The van der Waals surface area contributed by atoms with Gasteiger partial charge in [-0.2, -0.15) is 5.10 Å². The van der Waals surface area contributed by atoms with Gasteiger partial charge in [0.15, 0.2) is 0 Å². The van der Waals surface area contributed by atoms with E-state index in [1.807, 2.05) is 35.8 Å². The van der Waals surface area contributed by atoms with Gasteiger partial charge in [0.05, 0.1) is 11.4 Å². The zero-order valence-electron chi connectivity index (χ0n) is 6.00. The minimum Gasteiger partial charge on any atom is -0.268 e. The van der Waals surface area contributed by atoms with Gasteiger partial charge in [-0.25, -0.2) is 0 Å². The van der Waals surface area contributed by atoms with Gasteiger partial charge in [-0.05, 0) is 24.1 Å². The van der Waals surface area contributed by atoms with E-state index in [2.05, 4.69) is 21.0 Å². The predicted octanol–water partition coefficient (Wildman–Crippen LogP) is 2.09. The normalized spacial score (nSPS) is 11.1. The quantitative estimate of drug-likeness (QED) is 0.680. The van der Waals surface area contributed by atoms with Crippen molar-refractivity contribution in [3.63, 3.8) is 0 Å². The molecule has 10 heavy (non-hydrogen) atoms. The Morgan fingerprint density at radius 2 is 2.40 bits per heavy atom. The van der Waals surface area contributed by atoms with Crippen molar-refractivity contribution in [1.29, 1.82) is 0 Å². The molecule has 2 nitrogen and oxygen atoms in total. The predicted molar refractivity (Wildman–Crippen MR) is 45.9 cm³/mol. The SMILES string of the molecule is Cc1cc(/C=C/Br)n(C)n1. The number of aromatic nitrogens is 2. The van der Waals surface area contributed by atoms with E-state index in [0.717, 1.165) is 11.4 Å². The van der Waals surface area contributed by atoms with Crippen LogP contribution in [0.25, 0.3) is 6.08 Å². The molecule has 3 heteroatoms. The van der Waals surface area contributed by atoms with Gasteiger partial charge in [0.1, 0.15) is 0 Å². The first kappa shape index (κ1) is 7.54. The van der Waals surface area contributed by atoms with Crippen molar-refractivity contribution in [2.75, 3.05) is 0 Å². The van der Waals surface area contributed by atoms with E-state index in [4.69, 9.17) is 0 Å². The van der Waals surface area contributed by atoms with E-state index in [1.54, 1.807) is 0 Å². The number of rotatable bonds is 1. The fourth-order valence-corrected chi connectivity index (χ4v) is 1.12. The highest BCUT2D eigenvalue weighted by Gasteiger charge is 1.95. The second kappa shape index (κ2) is 3.01. The van der Waals surface area contributed by atoms with Gasteiger partial charge in [0.2, 0.25) is 0 Å². The molecule has 0 aliphatic carbocycles. The smallest absolute Gasteiger partial charge is 0.0614 e. The van der Waals surface area contributed by atoms with Gasteiger partial charge in [-0.1, -0.05) is 15.9 Å². The summed E-state index contributed by atoms with van der Waals surface area (Å²) in [5.74, 6) is 0. The van der Waals surface area contributed by atoms with Crippen LogP contribution >= 0.6 is 15.9 Å². The molecular weight excluding hydrogens is 192 g/mol. The highest BCUT2D eigenvalue weighted by atomic mass is 79.9. The first-order valence-electron chi connectivity index (χ1n) is 3.01. The van der Waals surface area contributed by atoms with Gasteiger partial charge in [-0.3, -0.25) is 4.68 Å². The van der Waals surface area contributed by atoms with Gasteiger partial charge < -0.3 is 0 Å². The second-order valence-electron chi connectivity index (χ2n) is 2.13. The van der Waals surface area contributed by atoms with Crippen LogP contribution < -0.4 is 0 Å². The minimum atomic E-state index is 1.04. The molecule has 0 spiro atoms. The maximum atomic E-state index is 4.17. The fraction of sp³-hybridized carbons (Fsp3) is 0.286. The van der Waals surface area contributed by atoms with Crippen LogP contribution in [0, 0.1) is 6.92 Å². The first-order valence-corrected chi connectivity index (χ1v) is 3.93. The standard InChI is InChI=1S/C7H9BrN2/c1-6-5-7(3-4-8)10(2)9-6/h3-5H,1-2H3/b4-3+. The first-order chi connectivity index (χ1) is 4.74. The van der Waals surface area contributed by atoms with Crippen LogP contribution in [0.1, 0.15) is 11.4 Å². The molecule has 54 valence electrons. The molecule has 0 aromatic carbocycles. The molecule has 0 saturated carbocycles. The summed E-state index contributed by atoms with van der Waals surface area (Å²) in [4.78, 5) is 1.82. The van der Waals surface area contributed by atoms with Crippen molar-refractivity contribution in [2.24, 2.45) is 7.05 Å². The van der Waals surface area contributed by atoms with E-state index in [-0.39, 0.29) is 0 Å². The number of hydrogen-bond acceptors (Lipinski definition) is 1. The molecule has 0 radical (unpaired) electrons. The van der Waals surface area contributed by atoms with Crippen molar-refractivity contribution >= 4 is 22.0 Å². The maximum Gasteiger partial charge on any atom is 0.0614 e. The summed E-state index contributed by atoms with van der Waals surface area (Å²) in [6, 6.07) is 2.03. The number of nitrogens with zero attached hydrogens (tertiary/aromatic N) is 2. The highest BCUT2D eigenvalue weighted by molar-refractivity contribution is 9.11. The highest BCUT2D eigenvalue weighted by Crippen LogP contribution is 2.04. The molecule has 0 fully saturated rings. The third kappa shape index (κ3) is 1.48. The monoisotopic (exact) mass is 200 g/mol. The van der Waals surface area contributed by atoms with Gasteiger partial charge in [0, 0.05) is 7.05 Å². The number of halogens is 1. The lowest BCUT2D eigenvalue weighted by atomic mass is 10.4. The Hall–Kier alpha value is -0.570. The van der Waals surface area contributed by atoms with Crippen molar-refractivity contribution in [3.05, 3.63) is 22.4 Å². The van der Waals surface area contributed by atoms with E-state index < -0.39 is 0 Å². The third-order valence-electron chi connectivity index (χ3n) is 1.27. The molecule has 0 N–H and O–H groups in total. The summed E-state index contributed by atoms with van der Waals surface area (Å²) in [5, 5.41) is 4.17. The van der Waals surface area contributed by atoms with Crippen LogP contribution in [0.4, 0.5) is 0 Å². The van der Waals surface area contributed by atoms with Gasteiger partial charge in [0.25, 0.3) is 0 Å². The van der Waals surface area contributed by atoms with Crippen LogP contribution in [-0.2, 0) is 7.05 Å². The molecule has 0 unspecified atom stereocenters. The summed E-state index contributed by atoms with van der Waals surface area (Å²) in [6.07, 6.45) is 1.96. The lowest BCUT2D eigenvalue weighted by molar-refractivity contribution is 0.749. The Morgan fingerprint density at radius 1 is 1.70 bits per heavy atom. The molecule has 0 aliphatic rings. The Labute approximate surface area is 68.7 Å². The number of aryl methyl sites for hydroxylation is 2. The summed E-state index contributed by atoms with van der Waals surface area (Å²) in [6.45, 7) is 1.98. The summed E-state index contributed by atoms with van der Waals surface area (Å²) < 4.78 is 1.84. The third-order valence-corrected chi connectivity index (χ3v) is 1.54. The topological polar surface area (TPSA) is 17.8 Å². The number of hydrogen-bond donors (Lipinski definition) is 0. The van der Waals surface area contributed by atoms with Gasteiger partial charge >= 0.3 is 0 Å². The molecule has 1 aromatic heterocycles. The van der Waals surface area contributed by atoms with E-state index in [0.29, 0.717) is 0 Å². The van der Waals surface area contributed by atoms with Crippen LogP contribution in [-0.4, -0.2) is 9.78 Å². The second-order valence-corrected chi connectivity index (χ2v) is 2.66. The molecule has 1 aromatic rings. The van der Waals surface area contributed by atoms with Gasteiger partial charge in [-0.15, -0.1) is 0 Å². The molecule has 1 heterocycles. The average molecular weight is 201 g/mol. The van der Waals surface area contributed by atoms with Crippen LogP contribution in [0.3, 0.4) is 0 Å². The maximum absolute atomic E-state index is 4.17. The van der Waals surface area contributed by atoms with Crippen molar-refractivity contribution in [2.45, 2.75) is 6.92 Å². The van der Waals surface area contributed by atoms with Crippen LogP contribution in [0.2, 0.25) is 0 Å². The minimum absolute atomic E-state index is 1.04. The lowest BCUT2D eigenvalue weighted by Crippen LogP contribution is -1.92. The van der Waals surface area contributed by atoms with Crippen molar-refractivity contribution in [1.82, 2.24) is 9.78 Å². The molecular formula is C7H9BrN2. The van der Waals surface area contributed by atoms with Crippen LogP contribution in [0.5, 0.6) is 0 Å². The van der Waals surface area contributed by atoms with E-state index in [9.17, 15) is 0 Å². The molecule has 0 saturated heterocycles. The lowest BCUT2D eigenvalue weighted by Gasteiger charge is -1.90.